The van der Waals surface area contributed by atoms with Crippen LogP contribution in [-0.4, -0.2) is 31.4 Å². The number of benzene rings is 1. The summed E-state index contributed by atoms with van der Waals surface area (Å²) in [6.45, 7) is 3.47. The first-order chi connectivity index (χ1) is 15.1. The van der Waals surface area contributed by atoms with Gasteiger partial charge in [0.2, 0.25) is 10.0 Å². The molecule has 1 aliphatic heterocycles. The number of hydrogen-bond donors (Lipinski definition) is 1. The number of oxime groups is 1. The van der Waals surface area contributed by atoms with Crippen LogP contribution >= 0.6 is 0 Å². The lowest BCUT2D eigenvalue weighted by Crippen LogP contribution is -2.38. The first-order valence-electron chi connectivity index (χ1n) is 10.7. The van der Waals surface area contributed by atoms with Crippen molar-refractivity contribution in [1.82, 2.24) is 9.71 Å². The highest BCUT2D eigenvalue weighted by atomic mass is 32.2. The molecule has 6 nitrogen and oxygen atoms in total. The second-order valence-electron chi connectivity index (χ2n) is 8.87. The highest BCUT2D eigenvalue weighted by Crippen LogP contribution is 2.39. The summed E-state index contributed by atoms with van der Waals surface area (Å²) in [5.74, 6) is -1.07. The molecule has 2 heterocycles. The van der Waals surface area contributed by atoms with Crippen molar-refractivity contribution in [3.8, 4) is 11.1 Å². The first kappa shape index (κ1) is 22.8. The number of sulfonamides is 1. The van der Waals surface area contributed by atoms with E-state index >= 15 is 0 Å². The van der Waals surface area contributed by atoms with Gasteiger partial charge >= 0.3 is 0 Å². The second-order valence-corrected chi connectivity index (χ2v) is 10.6. The van der Waals surface area contributed by atoms with E-state index in [0.717, 1.165) is 37.0 Å². The highest BCUT2D eigenvalue weighted by Gasteiger charge is 2.34. The quantitative estimate of drug-likeness (QED) is 0.704. The molecule has 2 aliphatic rings. The molecule has 1 saturated carbocycles. The Morgan fingerprint density at radius 1 is 1.03 bits per heavy atom. The molecule has 172 valence electrons. The fraction of sp³-hybridized carbons (Fsp3) is 0.478. The van der Waals surface area contributed by atoms with Crippen molar-refractivity contribution < 1.29 is 22.0 Å². The number of aromatic nitrogens is 1. The summed E-state index contributed by atoms with van der Waals surface area (Å²) >= 11 is 0. The number of pyridine rings is 1. The van der Waals surface area contributed by atoms with Crippen LogP contribution in [0.5, 0.6) is 0 Å². The van der Waals surface area contributed by atoms with Crippen LogP contribution < -0.4 is 4.72 Å². The molecule has 0 spiro atoms. The number of nitrogens with one attached hydrogen (secondary N) is 1. The summed E-state index contributed by atoms with van der Waals surface area (Å²) < 4.78 is 55.1. The molecule has 9 heteroatoms. The van der Waals surface area contributed by atoms with Crippen LogP contribution in [0.15, 0.2) is 29.6 Å². The summed E-state index contributed by atoms with van der Waals surface area (Å²) in [5, 5.41) is 4.28. The van der Waals surface area contributed by atoms with Gasteiger partial charge in [-0.15, -0.1) is 0 Å². The molecule has 1 aliphatic carbocycles. The Bertz CT molecular complexity index is 1140. The molecular formula is C23H27F2N3O3S. The fourth-order valence-electron chi connectivity index (χ4n) is 4.62. The largest absolute Gasteiger partial charge is 0.386 e. The zero-order chi connectivity index (χ0) is 23.0. The number of rotatable bonds is 5. The topological polar surface area (TPSA) is 80.7 Å². The lowest BCUT2D eigenvalue weighted by atomic mass is 9.81. The Morgan fingerprint density at radius 2 is 1.69 bits per heavy atom. The van der Waals surface area contributed by atoms with E-state index in [2.05, 4.69) is 14.9 Å². The maximum atomic E-state index is 14.7. The fourth-order valence-corrected chi connectivity index (χ4v) is 5.47. The highest BCUT2D eigenvalue weighted by molar-refractivity contribution is 7.88. The summed E-state index contributed by atoms with van der Waals surface area (Å²) in [5.41, 5.74) is 2.93. The molecule has 0 radical (unpaired) electrons. The van der Waals surface area contributed by atoms with Gasteiger partial charge in [-0.25, -0.2) is 21.9 Å². The number of aryl methyl sites for hydroxylation is 2. The van der Waals surface area contributed by atoms with E-state index in [1.165, 1.54) is 18.4 Å². The maximum Gasteiger partial charge on any atom is 0.208 e. The molecular weight excluding hydrogens is 436 g/mol. The van der Waals surface area contributed by atoms with Crippen LogP contribution in [0.1, 0.15) is 55.0 Å². The van der Waals surface area contributed by atoms with Crippen LogP contribution in [0.3, 0.4) is 0 Å². The molecule has 4 rings (SSSR count). The van der Waals surface area contributed by atoms with Gasteiger partial charge in [-0.05, 0) is 68.9 Å². The van der Waals surface area contributed by atoms with E-state index in [4.69, 9.17) is 4.84 Å². The summed E-state index contributed by atoms with van der Waals surface area (Å²) in [7, 11) is -3.22. The zero-order valence-electron chi connectivity index (χ0n) is 18.4. The average molecular weight is 464 g/mol. The SMILES string of the molecule is Cc1cc(F)c(-c2cc(C)cnc2C2CC(C3CCC(NS(C)(=O)=O)CC3)=NO2)c(F)c1. The van der Waals surface area contributed by atoms with Crippen molar-refractivity contribution in [2.45, 2.75) is 58.1 Å². The molecule has 1 fully saturated rings. The Balaban J connectivity index is 1.52. The summed E-state index contributed by atoms with van der Waals surface area (Å²) in [4.78, 5) is 10.2. The van der Waals surface area contributed by atoms with E-state index in [1.807, 2.05) is 6.92 Å². The van der Waals surface area contributed by atoms with E-state index in [0.29, 0.717) is 23.2 Å². The van der Waals surface area contributed by atoms with Gasteiger partial charge in [0.15, 0.2) is 6.10 Å². The van der Waals surface area contributed by atoms with Gasteiger partial charge in [-0.1, -0.05) is 5.16 Å². The van der Waals surface area contributed by atoms with Crippen molar-refractivity contribution in [1.29, 1.82) is 0 Å². The van der Waals surface area contributed by atoms with E-state index in [9.17, 15) is 17.2 Å². The number of nitrogens with zero attached hydrogens (tertiary/aromatic N) is 2. The third-order valence-corrected chi connectivity index (χ3v) is 6.85. The lowest BCUT2D eigenvalue weighted by Gasteiger charge is -2.28. The van der Waals surface area contributed by atoms with Gasteiger partial charge in [-0.2, -0.15) is 0 Å². The maximum absolute atomic E-state index is 14.7. The molecule has 32 heavy (non-hydrogen) atoms. The molecule has 1 aromatic heterocycles. The van der Waals surface area contributed by atoms with Gasteiger partial charge in [0.1, 0.15) is 11.6 Å². The second kappa shape index (κ2) is 8.86. The van der Waals surface area contributed by atoms with Crippen LogP contribution in [0.4, 0.5) is 8.78 Å². The van der Waals surface area contributed by atoms with Crippen molar-refractivity contribution in [3.63, 3.8) is 0 Å². The monoisotopic (exact) mass is 463 g/mol. The molecule has 1 atom stereocenters. The molecule has 0 amide bonds. The molecule has 0 bridgehead atoms. The normalized spacial score (nSPS) is 23.7. The third-order valence-electron chi connectivity index (χ3n) is 6.09. The number of halogens is 2. The van der Waals surface area contributed by atoms with Gasteiger partial charge in [0, 0.05) is 30.1 Å². The van der Waals surface area contributed by atoms with E-state index < -0.39 is 27.8 Å². The minimum absolute atomic E-state index is 0.0576. The molecule has 1 N–H and O–H groups in total. The lowest BCUT2D eigenvalue weighted by molar-refractivity contribution is 0.0829. The van der Waals surface area contributed by atoms with Crippen LogP contribution in [-0.2, 0) is 14.9 Å². The van der Waals surface area contributed by atoms with Crippen molar-refractivity contribution in [3.05, 3.63) is 52.9 Å². The minimum atomic E-state index is -3.22. The average Bonchev–Trinajstić information content (AvgIpc) is 3.16. The van der Waals surface area contributed by atoms with Crippen LogP contribution in [0, 0.1) is 31.4 Å². The first-order valence-corrected chi connectivity index (χ1v) is 12.6. The molecule has 1 aromatic carbocycles. The predicted molar refractivity (Wildman–Crippen MR) is 119 cm³/mol. The van der Waals surface area contributed by atoms with E-state index in [1.54, 1.807) is 19.2 Å². The Morgan fingerprint density at radius 3 is 2.31 bits per heavy atom. The van der Waals surface area contributed by atoms with Crippen LogP contribution in [0.25, 0.3) is 11.1 Å². The van der Waals surface area contributed by atoms with Gasteiger partial charge in [0.05, 0.1) is 23.2 Å². The van der Waals surface area contributed by atoms with Gasteiger partial charge in [-0.3, -0.25) is 4.98 Å². The third kappa shape index (κ3) is 4.99. The van der Waals surface area contributed by atoms with E-state index in [-0.39, 0.29) is 17.5 Å². The minimum Gasteiger partial charge on any atom is -0.386 e. The summed E-state index contributed by atoms with van der Waals surface area (Å²) in [6.07, 6.45) is 5.87. The zero-order valence-corrected chi connectivity index (χ0v) is 19.2. The van der Waals surface area contributed by atoms with Crippen molar-refractivity contribution in [2.75, 3.05) is 6.26 Å². The Hall–Kier alpha value is -2.39. The van der Waals surface area contributed by atoms with Crippen LogP contribution in [0.2, 0.25) is 0 Å². The molecule has 2 aromatic rings. The Kier molecular flexibility index (Phi) is 6.31. The van der Waals surface area contributed by atoms with Crippen molar-refractivity contribution in [2.24, 2.45) is 11.1 Å². The molecule has 1 unspecified atom stereocenters. The van der Waals surface area contributed by atoms with Gasteiger partial charge < -0.3 is 4.84 Å². The predicted octanol–water partition coefficient (Wildman–Crippen LogP) is 4.57. The smallest absolute Gasteiger partial charge is 0.208 e. The summed E-state index contributed by atoms with van der Waals surface area (Å²) in [6, 6.07) is 4.29. The Labute approximate surface area is 187 Å². The standard InChI is InChI=1S/C23H27F2N3O3S/c1-13-9-18(24)22(19(25)10-13)17-8-14(2)12-26-23(17)21-11-20(27-31-21)15-4-6-16(7-5-15)28-32(3,29)30/h8-10,12,15-16,21,28H,4-7,11H2,1-3H3. The van der Waals surface area contributed by atoms with Gasteiger partial charge in [0.25, 0.3) is 0 Å². The number of hydrogen-bond acceptors (Lipinski definition) is 5. The molecule has 0 saturated heterocycles. The van der Waals surface area contributed by atoms with Crippen molar-refractivity contribution >= 4 is 15.7 Å².